The van der Waals surface area contributed by atoms with Gasteiger partial charge in [0.2, 0.25) is 5.95 Å². The van der Waals surface area contributed by atoms with E-state index in [0.717, 1.165) is 35.9 Å². The van der Waals surface area contributed by atoms with Gasteiger partial charge in [0.25, 0.3) is 5.91 Å². The van der Waals surface area contributed by atoms with E-state index < -0.39 is 5.60 Å². The molecule has 35 heavy (non-hydrogen) atoms. The molecule has 5 rings (SSSR count). The largest absolute Gasteiger partial charge is 0.365 e. The van der Waals surface area contributed by atoms with Gasteiger partial charge in [-0.05, 0) is 38.3 Å². The lowest BCUT2D eigenvalue weighted by atomic mass is 9.93. The molecule has 0 radical (unpaired) electrons. The first-order valence-corrected chi connectivity index (χ1v) is 11.9. The number of nitrogens with one attached hydrogen (secondary N) is 3. The molecule has 0 aliphatic carbocycles. The molecule has 11 nitrogen and oxygen atoms in total. The lowest BCUT2D eigenvalue weighted by Gasteiger charge is -2.47. The molecule has 3 aromatic heterocycles. The Hall–Kier alpha value is -3.73. The van der Waals surface area contributed by atoms with Crippen molar-refractivity contribution >= 4 is 29.3 Å². The second-order valence-electron chi connectivity index (χ2n) is 9.21. The zero-order valence-corrected chi connectivity index (χ0v) is 20.3. The summed E-state index contributed by atoms with van der Waals surface area (Å²) in [6.07, 6.45) is 4.26. The summed E-state index contributed by atoms with van der Waals surface area (Å²) >= 11 is 0. The second kappa shape index (κ2) is 9.49. The van der Waals surface area contributed by atoms with E-state index in [0.29, 0.717) is 37.2 Å². The molecule has 11 heteroatoms. The van der Waals surface area contributed by atoms with Crippen molar-refractivity contribution < 1.29 is 9.53 Å². The average Bonchev–Trinajstić information content (AvgIpc) is 3.49. The minimum atomic E-state index is -0.942. The molecule has 3 aromatic rings. The summed E-state index contributed by atoms with van der Waals surface area (Å²) in [6.45, 7) is 7.09. The predicted molar refractivity (Wildman–Crippen MR) is 133 cm³/mol. The molecule has 0 spiro atoms. The molecule has 184 valence electrons. The summed E-state index contributed by atoms with van der Waals surface area (Å²) < 4.78 is 5.66. The van der Waals surface area contributed by atoms with E-state index in [1.54, 1.807) is 7.11 Å². The van der Waals surface area contributed by atoms with E-state index in [2.05, 4.69) is 40.7 Å². The van der Waals surface area contributed by atoms with Crippen LogP contribution in [-0.2, 0) is 16.1 Å². The Kier molecular flexibility index (Phi) is 6.25. The lowest BCUT2D eigenvalue weighted by molar-refractivity contribution is -0.146. The topological polar surface area (TPSA) is 124 Å². The van der Waals surface area contributed by atoms with Crippen molar-refractivity contribution in [2.75, 3.05) is 48.4 Å². The first-order valence-electron chi connectivity index (χ1n) is 11.9. The van der Waals surface area contributed by atoms with Gasteiger partial charge in [-0.3, -0.25) is 9.89 Å². The number of anilines is 4. The normalized spacial score (nSPS) is 16.8. The quantitative estimate of drug-likeness (QED) is 0.447. The number of hydrogen-bond donors (Lipinski definition) is 3. The number of aryl methyl sites for hydroxylation is 2. The van der Waals surface area contributed by atoms with E-state index in [9.17, 15) is 4.79 Å². The molecular weight excluding hydrogens is 446 g/mol. The number of aromatic amines is 1. The highest BCUT2D eigenvalue weighted by molar-refractivity contribution is 5.88. The third kappa shape index (κ3) is 4.90. The highest BCUT2D eigenvalue weighted by atomic mass is 16.5. The fraction of sp³-hybridized carbons (Fsp3) is 0.458. The Morgan fingerprint density at radius 2 is 1.91 bits per heavy atom. The molecular formula is C24H31N9O2. The summed E-state index contributed by atoms with van der Waals surface area (Å²) in [5.41, 5.74) is 1.78. The van der Waals surface area contributed by atoms with Crippen LogP contribution in [0.25, 0.3) is 0 Å². The number of aromatic nitrogens is 5. The van der Waals surface area contributed by atoms with Crippen molar-refractivity contribution in [3.63, 3.8) is 0 Å². The number of hydrogen-bond acceptors (Lipinski definition) is 9. The van der Waals surface area contributed by atoms with E-state index in [4.69, 9.17) is 4.74 Å². The summed E-state index contributed by atoms with van der Waals surface area (Å²) in [4.78, 5) is 31.0. The summed E-state index contributed by atoms with van der Waals surface area (Å²) in [7, 11) is 1.56. The monoisotopic (exact) mass is 477 g/mol. The minimum absolute atomic E-state index is 0.155. The van der Waals surface area contributed by atoms with Crippen molar-refractivity contribution in [3.05, 3.63) is 47.4 Å². The molecule has 0 bridgehead atoms. The van der Waals surface area contributed by atoms with Gasteiger partial charge in [-0.15, -0.1) is 0 Å². The van der Waals surface area contributed by atoms with Crippen LogP contribution in [0.1, 0.15) is 29.8 Å². The molecule has 2 fully saturated rings. The maximum absolute atomic E-state index is 13.0. The first-order chi connectivity index (χ1) is 16.9. The molecule has 2 aliphatic rings. The molecule has 0 saturated carbocycles. The van der Waals surface area contributed by atoms with Gasteiger partial charge in [-0.1, -0.05) is 6.07 Å². The van der Waals surface area contributed by atoms with Gasteiger partial charge in [0.1, 0.15) is 11.6 Å². The van der Waals surface area contributed by atoms with Crippen LogP contribution in [0, 0.1) is 13.8 Å². The van der Waals surface area contributed by atoms with Crippen molar-refractivity contribution in [2.24, 2.45) is 0 Å². The number of nitrogens with zero attached hydrogens (tertiary/aromatic N) is 6. The molecule has 2 saturated heterocycles. The summed E-state index contributed by atoms with van der Waals surface area (Å²) in [5, 5.41) is 13.3. The highest BCUT2D eigenvalue weighted by Crippen LogP contribution is 2.30. The van der Waals surface area contributed by atoms with E-state index in [1.807, 2.05) is 49.2 Å². The predicted octanol–water partition coefficient (Wildman–Crippen LogP) is 2.08. The standard InChI is InChI=1S/C24H31N9O2/c1-16-10-19(28-20-11-17(2)30-31-20)29-23(27-16)33-14-24(15-33,35-3)22(34)26-13-18-6-7-21(25-12-18)32-8-4-5-9-32/h6-7,10-12H,4-5,8-9,13-15H2,1-3H3,(H,26,34)(H2,27,28,29,30,31). The number of carbonyl (C=O) groups is 1. The SMILES string of the molecule is COC1(C(=O)NCc2ccc(N3CCCC3)nc2)CN(c2nc(C)cc(Nc3cc(C)[nH]n3)n2)C1. The number of pyridine rings is 1. The van der Waals surface area contributed by atoms with Crippen molar-refractivity contribution in [2.45, 2.75) is 38.8 Å². The van der Waals surface area contributed by atoms with Gasteiger partial charge < -0.3 is 25.2 Å². The lowest BCUT2D eigenvalue weighted by Crippen LogP contribution is -2.70. The first kappa shape index (κ1) is 23.0. The Morgan fingerprint density at radius 3 is 2.57 bits per heavy atom. The van der Waals surface area contributed by atoms with Gasteiger partial charge >= 0.3 is 0 Å². The van der Waals surface area contributed by atoms with Crippen LogP contribution in [-0.4, -0.2) is 69.9 Å². The van der Waals surface area contributed by atoms with Gasteiger partial charge in [-0.25, -0.2) is 9.97 Å². The van der Waals surface area contributed by atoms with Crippen molar-refractivity contribution in [3.8, 4) is 0 Å². The van der Waals surface area contributed by atoms with Crippen molar-refractivity contribution in [1.82, 2.24) is 30.5 Å². The summed E-state index contributed by atoms with van der Waals surface area (Å²) in [5.74, 6) is 2.71. The molecule has 0 aromatic carbocycles. The van der Waals surface area contributed by atoms with Crippen molar-refractivity contribution in [1.29, 1.82) is 0 Å². The van der Waals surface area contributed by atoms with Crippen LogP contribution in [0.4, 0.5) is 23.4 Å². The number of carbonyl (C=O) groups excluding carboxylic acids is 1. The zero-order chi connectivity index (χ0) is 24.4. The fourth-order valence-electron chi connectivity index (χ4n) is 4.45. The number of amides is 1. The van der Waals surface area contributed by atoms with Gasteiger partial charge in [0.15, 0.2) is 11.4 Å². The Morgan fingerprint density at radius 1 is 1.11 bits per heavy atom. The Bertz CT molecular complexity index is 1180. The molecule has 0 unspecified atom stereocenters. The molecule has 2 aliphatic heterocycles. The maximum atomic E-state index is 13.0. The Labute approximate surface area is 204 Å². The third-order valence-electron chi connectivity index (χ3n) is 6.48. The third-order valence-corrected chi connectivity index (χ3v) is 6.48. The molecule has 1 amide bonds. The molecule has 3 N–H and O–H groups in total. The van der Waals surface area contributed by atoms with Crippen LogP contribution in [0.5, 0.6) is 0 Å². The molecule has 0 atom stereocenters. The molecule has 5 heterocycles. The van der Waals surface area contributed by atoms with Gasteiger partial charge in [-0.2, -0.15) is 10.1 Å². The highest BCUT2D eigenvalue weighted by Gasteiger charge is 2.51. The number of ether oxygens (including phenoxy) is 1. The van der Waals surface area contributed by atoms with E-state index in [1.165, 1.54) is 12.8 Å². The summed E-state index contributed by atoms with van der Waals surface area (Å²) in [6, 6.07) is 7.79. The van der Waals surface area contributed by atoms with Crippen LogP contribution in [0.2, 0.25) is 0 Å². The van der Waals surface area contributed by atoms with Crippen LogP contribution in [0.3, 0.4) is 0 Å². The van der Waals surface area contributed by atoms with Crippen LogP contribution in [0.15, 0.2) is 30.5 Å². The maximum Gasteiger partial charge on any atom is 0.256 e. The van der Waals surface area contributed by atoms with Crippen LogP contribution >= 0.6 is 0 Å². The number of rotatable bonds is 8. The Balaban J connectivity index is 1.19. The number of methoxy groups -OCH3 is 1. The second-order valence-corrected chi connectivity index (χ2v) is 9.21. The fourth-order valence-corrected chi connectivity index (χ4v) is 4.45. The zero-order valence-electron chi connectivity index (χ0n) is 20.3. The van der Waals surface area contributed by atoms with E-state index in [-0.39, 0.29) is 5.91 Å². The van der Waals surface area contributed by atoms with Crippen LogP contribution < -0.4 is 20.4 Å². The smallest absolute Gasteiger partial charge is 0.256 e. The van der Waals surface area contributed by atoms with Gasteiger partial charge in [0.05, 0.1) is 13.1 Å². The van der Waals surface area contributed by atoms with Gasteiger partial charge in [0, 0.05) is 56.5 Å². The average molecular weight is 478 g/mol. The minimum Gasteiger partial charge on any atom is -0.365 e. The number of H-pyrrole nitrogens is 1. The van der Waals surface area contributed by atoms with E-state index >= 15 is 0 Å².